The Hall–Kier alpha value is -0.900. The van der Waals surface area contributed by atoms with Crippen molar-refractivity contribution in [2.75, 3.05) is 0 Å². The summed E-state index contributed by atoms with van der Waals surface area (Å²) >= 11 is 7.62. The van der Waals surface area contributed by atoms with Crippen LogP contribution >= 0.6 is 22.9 Å². The van der Waals surface area contributed by atoms with Crippen LogP contribution in [0.3, 0.4) is 0 Å². The number of nitrogens with two attached hydrogens (primary N) is 1. The Balaban J connectivity index is 2.23. The molecule has 0 aliphatic rings. The van der Waals surface area contributed by atoms with Gasteiger partial charge in [-0.15, -0.1) is 11.3 Å². The lowest BCUT2D eigenvalue weighted by molar-refractivity contribution is 0.490. The molecule has 0 fully saturated rings. The van der Waals surface area contributed by atoms with E-state index in [9.17, 15) is 0 Å². The molecule has 1 aromatic heterocycles. The largest absolute Gasteiger partial charge is 0.321 e. The van der Waals surface area contributed by atoms with E-state index in [0.29, 0.717) is 0 Å². The van der Waals surface area contributed by atoms with Crippen molar-refractivity contribution in [1.29, 1.82) is 0 Å². The zero-order valence-corrected chi connectivity index (χ0v) is 12.4. The number of aryl methyl sites for hydroxylation is 2. The predicted octanol–water partition coefficient (Wildman–Crippen LogP) is 3.83. The van der Waals surface area contributed by atoms with Gasteiger partial charge in [0.25, 0.3) is 0 Å². The number of hydrogen-bond acceptors (Lipinski definition) is 3. The molecular weight excluding hydrogens is 264 g/mol. The highest BCUT2D eigenvalue weighted by molar-refractivity contribution is 7.11. The zero-order valence-electron chi connectivity index (χ0n) is 10.8. The molecule has 18 heavy (non-hydrogen) atoms. The van der Waals surface area contributed by atoms with E-state index >= 15 is 0 Å². The van der Waals surface area contributed by atoms with Crippen LogP contribution < -0.4 is 5.73 Å². The van der Waals surface area contributed by atoms with Crippen LogP contribution in [0.2, 0.25) is 5.02 Å². The molecular formula is C14H17ClN2S. The number of aromatic nitrogens is 1. The lowest BCUT2D eigenvalue weighted by atomic mass is 9.90. The summed E-state index contributed by atoms with van der Waals surface area (Å²) in [6, 6.07) is 7.71. The summed E-state index contributed by atoms with van der Waals surface area (Å²) in [4.78, 5) is 5.81. The van der Waals surface area contributed by atoms with E-state index in [0.717, 1.165) is 27.7 Å². The van der Waals surface area contributed by atoms with Gasteiger partial charge in [-0.1, -0.05) is 23.7 Å². The third-order valence-corrected chi connectivity index (χ3v) is 4.42. The Labute approximate surface area is 117 Å². The normalized spacial score (nSPS) is 14.5. The minimum absolute atomic E-state index is 0.415. The summed E-state index contributed by atoms with van der Waals surface area (Å²) < 4.78 is 0. The molecule has 1 heterocycles. The molecule has 0 spiro atoms. The molecule has 0 aliphatic carbocycles. The fourth-order valence-corrected chi connectivity index (χ4v) is 3.09. The third kappa shape index (κ3) is 2.91. The quantitative estimate of drug-likeness (QED) is 0.928. The standard InChI is InChI=1S/C14H17ClN2S/c1-9-10(2)18-13(17-9)8-14(3,16)11-4-6-12(15)7-5-11/h4-7H,8,16H2,1-3H3. The number of benzene rings is 1. The van der Waals surface area contributed by atoms with Gasteiger partial charge in [-0.2, -0.15) is 0 Å². The Kier molecular flexibility index (Phi) is 3.76. The summed E-state index contributed by atoms with van der Waals surface area (Å²) in [6.07, 6.45) is 0.744. The van der Waals surface area contributed by atoms with Crippen LogP contribution in [0.5, 0.6) is 0 Å². The maximum atomic E-state index is 6.40. The molecule has 0 aliphatic heterocycles. The van der Waals surface area contributed by atoms with Crippen LogP contribution in [-0.4, -0.2) is 4.98 Å². The first-order valence-corrected chi connectivity index (χ1v) is 7.06. The average molecular weight is 281 g/mol. The monoisotopic (exact) mass is 280 g/mol. The molecule has 2 rings (SSSR count). The topological polar surface area (TPSA) is 38.9 Å². The van der Waals surface area contributed by atoms with Crippen molar-refractivity contribution >= 4 is 22.9 Å². The lowest BCUT2D eigenvalue weighted by Crippen LogP contribution is -2.35. The molecule has 0 saturated heterocycles. The van der Waals surface area contributed by atoms with Gasteiger partial charge in [0.1, 0.15) is 0 Å². The van der Waals surface area contributed by atoms with Gasteiger partial charge in [0.2, 0.25) is 0 Å². The Morgan fingerprint density at radius 3 is 2.39 bits per heavy atom. The van der Waals surface area contributed by atoms with Crippen LogP contribution in [0.4, 0.5) is 0 Å². The van der Waals surface area contributed by atoms with Gasteiger partial charge >= 0.3 is 0 Å². The number of rotatable bonds is 3. The van der Waals surface area contributed by atoms with Gasteiger partial charge < -0.3 is 5.73 Å². The maximum Gasteiger partial charge on any atom is 0.0952 e. The highest BCUT2D eigenvalue weighted by Crippen LogP contribution is 2.27. The molecule has 2 N–H and O–H groups in total. The van der Waals surface area contributed by atoms with E-state index in [1.807, 2.05) is 38.1 Å². The molecule has 96 valence electrons. The summed E-state index contributed by atoms with van der Waals surface area (Å²) in [5.41, 5.74) is 8.17. The van der Waals surface area contributed by atoms with E-state index in [2.05, 4.69) is 11.9 Å². The van der Waals surface area contributed by atoms with Gasteiger partial charge in [-0.05, 0) is 38.5 Å². The Bertz CT molecular complexity index is 524. The smallest absolute Gasteiger partial charge is 0.0952 e. The summed E-state index contributed by atoms with van der Waals surface area (Å²) in [5.74, 6) is 0. The predicted molar refractivity (Wildman–Crippen MR) is 78.3 cm³/mol. The summed E-state index contributed by atoms with van der Waals surface area (Å²) in [5, 5.41) is 1.82. The fourth-order valence-electron chi connectivity index (χ4n) is 1.86. The second-order valence-corrected chi connectivity index (χ2v) is 6.57. The first-order valence-electron chi connectivity index (χ1n) is 5.86. The SMILES string of the molecule is Cc1nc(CC(C)(N)c2ccc(Cl)cc2)sc1C. The van der Waals surface area contributed by atoms with E-state index in [4.69, 9.17) is 17.3 Å². The first-order chi connectivity index (χ1) is 8.38. The maximum absolute atomic E-state index is 6.40. The molecule has 0 radical (unpaired) electrons. The van der Waals surface area contributed by atoms with Crippen molar-refractivity contribution < 1.29 is 0 Å². The Morgan fingerprint density at radius 2 is 1.89 bits per heavy atom. The van der Waals surface area contributed by atoms with E-state index in [-0.39, 0.29) is 0 Å². The molecule has 1 aromatic carbocycles. The minimum Gasteiger partial charge on any atom is -0.321 e. The molecule has 2 aromatic rings. The second kappa shape index (κ2) is 5.00. The van der Waals surface area contributed by atoms with E-state index in [1.165, 1.54) is 4.88 Å². The average Bonchev–Trinajstić information content (AvgIpc) is 2.57. The summed E-state index contributed by atoms with van der Waals surface area (Å²) in [7, 11) is 0. The van der Waals surface area contributed by atoms with Gasteiger partial charge in [0, 0.05) is 21.9 Å². The van der Waals surface area contributed by atoms with Gasteiger partial charge in [-0.3, -0.25) is 0 Å². The number of thiazole rings is 1. The highest BCUT2D eigenvalue weighted by Gasteiger charge is 2.23. The van der Waals surface area contributed by atoms with Crippen molar-refractivity contribution in [2.24, 2.45) is 5.73 Å². The lowest BCUT2D eigenvalue weighted by Gasteiger charge is -2.24. The van der Waals surface area contributed by atoms with Crippen molar-refractivity contribution in [3.05, 3.63) is 50.4 Å². The second-order valence-electron chi connectivity index (χ2n) is 4.85. The van der Waals surface area contributed by atoms with Gasteiger partial charge in [0.15, 0.2) is 0 Å². The molecule has 1 unspecified atom stereocenters. The number of hydrogen-bond donors (Lipinski definition) is 1. The Morgan fingerprint density at radius 1 is 1.28 bits per heavy atom. The van der Waals surface area contributed by atoms with Crippen molar-refractivity contribution in [3.8, 4) is 0 Å². The highest BCUT2D eigenvalue weighted by atomic mass is 35.5. The molecule has 0 amide bonds. The molecule has 2 nitrogen and oxygen atoms in total. The van der Waals surface area contributed by atoms with Crippen molar-refractivity contribution in [2.45, 2.75) is 32.7 Å². The van der Waals surface area contributed by atoms with Crippen LogP contribution in [0.15, 0.2) is 24.3 Å². The van der Waals surface area contributed by atoms with Gasteiger partial charge in [-0.25, -0.2) is 4.98 Å². The molecule has 1 atom stereocenters. The van der Waals surface area contributed by atoms with Crippen LogP contribution in [-0.2, 0) is 12.0 Å². The number of nitrogens with zero attached hydrogens (tertiary/aromatic N) is 1. The minimum atomic E-state index is -0.415. The summed E-state index contributed by atoms with van der Waals surface area (Å²) in [6.45, 7) is 6.15. The zero-order chi connectivity index (χ0) is 13.3. The first kappa shape index (κ1) is 13.5. The fraction of sp³-hybridized carbons (Fsp3) is 0.357. The molecule has 0 saturated carbocycles. The van der Waals surface area contributed by atoms with Crippen molar-refractivity contribution in [1.82, 2.24) is 4.98 Å². The van der Waals surface area contributed by atoms with Crippen LogP contribution in [0.25, 0.3) is 0 Å². The number of halogens is 1. The van der Waals surface area contributed by atoms with Crippen molar-refractivity contribution in [3.63, 3.8) is 0 Å². The van der Waals surface area contributed by atoms with Crippen LogP contribution in [0, 0.1) is 13.8 Å². The molecule has 4 heteroatoms. The third-order valence-electron chi connectivity index (χ3n) is 3.09. The van der Waals surface area contributed by atoms with Crippen LogP contribution in [0.1, 0.15) is 28.1 Å². The van der Waals surface area contributed by atoms with Gasteiger partial charge in [0.05, 0.1) is 10.7 Å². The van der Waals surface area contributed by atoms with E-state index in [1.54, 1.807) is 11.3 Å². The molecule has 0 bridgehead atoms. The van der Waals surface area contributed by atoms with E-state index < -0.39 is 5.54 Å².